The van der Waals surface area contributed by atoms with Crippen molar-refractivity contribution in [2.75, 3.05) is 7.11 Å². The van der Waals surface area contributed by atoms with E-state index in [1.807, 2.05) is 24.3 Å². The van der Waals surface area contributed by atoms with Crippen molar-refractivity contribution in [3.05, 3.63) is 34.3 Å². The van der Waals surface area contributed by atoms with Crippen molar-refractivity contribution in [3.8, 4) is 0 Å². The second-order valence-electron chi connectivity index (χ2n) is 3.05. The molecule has 1 amide bonds. The number of carbonyl (C=O) groups excluding carboxylic acids is 1. The van der Waals surface area contributed by atoms with Crippen molar-refractivity contribution in [1.82, 2.24) is 4.41 Å². The quantitative estimate of drug-likeness (QED) is 0.313. The largest absolute Gasteiger partial charge is 0.451 e. The fourth-order valence-electron chi connectivity index (χ4n) is 0.979. The molecule has 0 aliphatic heterocycles. The van der Waals surface area contributed by atoms with Gasteiger partial charge in [0.1, 0.15) is 0 Å². The number of nitrogens with zero attached hydrogens (tertiary/aromatic N) is 2. The summed E-state index contributed by atoms with van der Waals surface area (Å²) in [5.74, 6) is 0. The van der Waals surface area contributed by atoms with Crippen LogP contribution in [-0.4, -0.2) is 27.0 Å². The number of benzene rings is 1. The molecule has 0 aliphatic rings. The molecule has 0 aromatic heterocycles. The first-order valence-electron chi connectivity index (χ1n) is 4.76. The van der Waals surface area contributed by atoms with E-state index >= 15 is 0 Å². The molecule has 19 heavy (non-hydrogen) atoms. The van der Waals surface area contributed by atoms with Gasteiger partial charge in [0.2, 0.25) is 0 Å². The normalized spacial score (nSPS) is 11.6. The topological polar surface area (TPSA) is 41.9 Å². The number of alkyl halides is 3. The van der Waals surface area contributed by atoms with E-state index in [-0.39, 0.29) is 0 Å². The van der Waals surface area contributed by atoms with Crippen LogP contribution in [0.1, 0.15) is 5.56 Å². The standard InChI is InChI=1S/C10H8BrCl3N2O2S/c1-18-9(17)16(19-10(12,13)14)15-6-7-4-2-3-5-8(7)11/h2-6H,1H3. The smallest absolute Gasteiger partial charge is 0.440 e. The molecule has 0 spiro atoms. The predicted octanol–water partition coefficient (Wildman–Crippen LogP) is 4.83. The minimum atomic E-state index is -1.72. The molecule has 0 N–H and O–H groups in total. The van der Waals surface area contributed by atoms with E-state index in [9.17, 15) is 4.79 Å². The summed E-state index contributed by atoms with van der Waals surface area (Å²) in [5, 5.41) is 3.92. The second kappa shape index (κ2) is 7.59. The molecule has 4 nitrogen and oxygen atoms in total. The molecule has 0 bridgehead atoms. The summed E-state index contributed by atoms with van der Waals surface area (Å²) in [5.41, 5.74) is 0.765. The summed E-state index contributed by atoms with van der Waals surface area (Å²) in [4.78, 5) is 11.5. The highest BCUT2D eigenvalue weighted by molar-refractivity contribution is 9.10. The maximum absolute atomic E-state index is 11.5. The average Bonchev–Trinajstić information content (AvgIpc) is 2.34. The number of carbonyl (C=O) groups is 1. The molecule has 0 fully saturated rings. The van der Waals surface area contributed by atoms with Crippen LogP contribution < -0.4 is 0 Å². The summed E-state index contributed by atoms with van der Waals surface area (Å²) >= 11 is 20.8. The van der Waals surface area contributed by atoms with Crippen LogP contribution in [0.3, 0.4) is 0 Å². The minimum Gasteiger partial charge on any atom is -0.451 e. The summed E-state index contributed by atoms with van der Waals surface area (Å²) in [6.07, 6.45) is 0.698. The Labute approximate surface area is 138 Å². The number of ether oxygens (including phenoxy) is 1. The van der Waals surface area contributed by atoms with Gasteiger partial charge in [-0.1, -0.05) is 68.9 Å². The zero-order valence-electron chi connectivity index (χ0n) is 9.52. The number of hydrogen-bond donors (Lipinski definition) is 0. The Kier molecular flexibility index (Phi) is 6.76. The molecule has 9 heteroatoms. The van der Waals surface area contributed by atoms with Gasteiger partial charge in [0.15, 0.2) is 0 Å². The zero-order valence-corrected chi connectivity index (χ0v) is 14.2. The van der Waals surface area contributed by atoms with E-state index in [1.165, 1.54) is 13.3 Å². The van der Waals surface area contributed by atoms with Gasteiger partial charge in [-0.15, -0.1) is 4.41 Å². The molecule has 0 unspecified atom stereocenters. The fraction of sp³-hybridized carbons (Fsp3) is 0.200. The SMILES string of the molecule is COC(=O)N(N=Cc1ccccc1Br)SC(Cl)(Cl)Cl. The van der Waals surface area contributed by atoms with Crippen molar-refractivity contribution >= 4 is 75.0 Å². The third kappa shape index (κ3) is 6.23. The van der Waals surface area contributed by atoms with E-state index in [1.54, 1.807) is 0 Å². The van der Waals surface area contributed by atoms with Crippen LogP contribution in [-0.2, 0) is 4.74 Å². The van der Waals surface area contributed by atoms with Crippen molar-refractivity contribution in [2.24, 2.45) is 5.10 Å². The van der Waals surface area contributed by atoms with E-state index in [4.69, 9.17) is 34.8 Å². The van der Waals surface area contributed by atoms with Crippen molar-refractivity contribution in [3.63, 3.8) is 0 Å². The molecular weight excluding hydrogens is 398 g/mol. The summed E-state index contributed by atoms with van der Waals surface area (Å²) in [6.45, 7) is 0. The monoisotopic (exact) mass is 404 g/mol. The summed E-state index contributed by atoms with van der Waals surface area (Å²) in [7, 11) is 1.21. The Balaban J connectivity index is 2.89. The first-order valence-corrected chi connectivity index (χ1v) is 7.46. The van der Waals surface area contributed by atoms with Gasteiger partial charge in [-0.3, -0.25) is 0 Å². The molecule has 0 saturated heterocycles. The zero-order chi connectivity index (χ0) is 14.5. The van der Waals surface area contributed by atoms with E-state index in [0.717, 1.165) is 14.5 Å². The Bertz CT molecular complexity index is 482. The third-order valence-corrected chi connectivity index (χ3v) is 3.69. The summed E-state index contributed by atoms with van der Waals surface area (Å²) < 4.78 is 4.49. The van der Waals surface area contributed by atoms with Crippen LogP contribution in [0.5, 0.6) is 0 Å². The maximum Gasteiger partial charge on any atom is 0.440 e. The maximum atomic E-state index is 11.5. The molecule has 1 rings (SSSR count). The van der Waals surface area contributed by atoms with Crippen LogP contribution in [0.25, 0.3) is 0 Å². The number of methoxy groups -OCH3 is 1. The Morgan fingerprint density at radius 1 is 1.47 bits per heavy atom. The minimum absolute atomic E-state index is 0.602. The van der Waals surface area contributed by atoms with Crippen LogP contribution in [0.2, 0.25) is 0 Å². The Hall–Kier alpha value is -0.140. The van der Waals surface area contributed by atoms with Gasteiger partial charge >= 0.3 is 6.09 Å². The highest BCUT2D eigenvalue weighted by Crippen LogP contribution is 2.41. The number of hydrogen-bond acceptors (Lipinski definition) is 4. The lowest BCUT2D eigenvalue weighted by Gasteiger charge is -2.18. The number of halogens is 4. The van der Waals surface area contributed by atoms with Crippen molar-refractivity contribution < 1.29 is 9.53 Å². The van der Waals surface area contributed by atoms with Gasteiger partial charge in [-0.25, -0.2) is 4.79 Å². The Morgan fingerprint density at radius 2 is 2.11 bits per heavy atom. The van der Waals surface area contributed by atoms with E-state index in [2.05, 4.69) is 25.8 Å². The molecular formula is C10H8BrCl3N2O2S. The van der Waals surface area contributed by atoms with E-state index < -0.39 is 9.22 Å². The van der Waals surface area contributed by atoms with Gasteiger partial charge in [0.25, 0.3) is 3.12 Å². The molecule has 0 saturated carbocycles. The molecule has 1 aromatic rings. The predicted molar refractivity (Wildman–Crippen MR) is 83.9 cm³/mol. The van der Waals surface area contributed by atoms with E-state index in [0.29, 0.717) is 11.9 Å². The summed E-state index contributed by atoms with van der Waals surface area (Å²) in [6, 6.07) is 7.33. The number of hydrazone groups is 1. The first-order chi connectivity index (χ1) is 8.83. The van der Waals surface area contributed by atoms with Gasteiger partial charge in [0, 0.05) is 22.0 Å². The fourth-order valence-corrected chi connectivity index (χ4v) is 2.39. The highest BCUT2D eigenvalue weighted by atomic mass is 79.9. The number of rotatable bonds is 3. The van der Waals surface area contributed by atoms with Crippen molar-refractivity contribution in [2.45, 2.75) is 3.12 Å². The van der Waals surface area contributed by atoms with Crippen LogP contribution in [0.15, 0.2) is 33.8 Å². The lowest BCUT2D eigenvalue weighted by molar-refractivity contribution is 0.153. The van der Waals surface area contributed by atoms with Gasteiger partial charge < -0.3 is 4.74 Å². The molecule has 1 aromatic carbocycles. The molecule has 0 aliphatic carbocycles. The third-order valence-electron chi connectivity index (χ3n) is 1.73. The molecule has 0 radical (unpaired) electrons. The number of amides is 1. The molecule has 0 atom stereocenters. The van der Waals surface area contributed by atoms with Crippen LogP contribution >= 0.6 is 62.7 Å². The molecule has 0 heterocycles. The van der Waals surface area contributed by atoms with Gasteiger partial charge in [-0.05, 0) is 6.07 Å². The second-order valence-corrected chi connectivity index (χ2v) is 7.99. The molecule has 104 valence electrons. The lowest BCUT2D eigenvalue weighted by Crippen LogP contribution is -2.22. The first kappa shape index (κ1) is 16.9. The van der Waals surface area contributed by atoms with Crippen molar-refractivity contribution in [1.29, 1.82) is 0 Å². The van der Waals surface area contributed by atoms with Crippen LogP contribution in [0.4, 0.5) is 4.79 Å². The van der Waals surface area contributed by atoms with Gasteiger partial charge in [0.05, 0.1) is 13.3 Å². The van der Waals surface area contributed by atoms with Gasteiger partial charge in [-0.2, -0.15) is 5.10 Å². The lowest BCUT2D eigenvalue weighted by atomic mass is 10.2. The van der Waals surface area contributed by atoms with Crippen LogP contribution in [0, 0.1) is 0 Å². The average molecular weight is 407 g/mol. The highest BCUT2D eigenvalue weighted by Gasteiger charge is 2.29. The Morgan fingerprint density at radius 3 is 2.63 bits per heavy atom.